The number of hydrogen-bond acceptors (Lipinski definition) is 4. The summed E-state index contributed by atoms with van der Waals surface area (Å²) in [5.74, 6) is 0.797. The second-order valence-corrected chi connectivity index (χ2v) is 4.28. The number of nitrogens with zero attached hydrogens (tertiary/aromatic N) is 4. The van der Waals surface area contributed by atoms with Gasteiger partial charge in [-0.3, -0.25) is 0 Å². The SMILES string of the molecule is Cn1cc[n+](C)c1/N=N/c1ccc(NCCN)cc1. The average Bonchev–Trinajstić information content (AvgIpc) is 2.75. The van der Waals surface area contributed by atoms with Gasteiger partial charge in [0.1, 0.15) is 5.69 Å². The molecule has 2 rings (SSSR count). The molecule has 1 heterocycles. The highest BCUT2D eigenvalue weighted by Gasteiger charge is 2.09. The molecule has 0 saturated carbocycles. The van der Waals surface area contributed by atoms with Crippen molar-refractivity contribution in [3.05, 3.63) is 36.7 Å². The number of aromatic nitrogens is 2. The molecule has 6 nitrogen and oxygen atoms in total. The topological polar surface area (TPSA) is 71.6 Å². The molecule has 1 aromatic carbocycles. The molecule has 0 saturated heterocycles. The van der Waals surface area contributed by atoms with Gasteiger partial charge >= 0.3 is 5.95 Å². The summed E-state index contributed by atoms with van der Waals surface area (Å²) < 4.78 is 3.83. The van der Waals surface area contributed by atoms with Crippen LogP contribution in [0.1, 0.15) is 0 Å². The minimum absolute atomic E-state index is 0.617. The van der Waals surface area contributed by atoms with Crippen LogP contribution in [0.3, 0.4) is 0 Å². The predicted molar refractivity (Wildman–Crippen MR) is 74.8 cm³/mol. The molecule has 0 unspecified atom stereocenters. The van der Waals surface area contributed by atoms with Crippen LogP contribution in [0.2, 0.25) is 0 Å². The van der Waals surface area contributed by atoms with Crippen LogP contribution in [0, 0.1) is 0 Å². The van der Waals surface area contributed by atoms with Gasteiger partial charge in [0, 0.05) is 23.9 Å². The monoisotopic (exact) mass is 259 g/mol. The molecule has 0 aliphatic heterocycles. The number of rotatable bonds is 5. The Morgan fingerprint density at radius 1 is 1.26 bits per heavy atom. The maximum Gasteiger partial charge on any atom is 0.421 e. The van der Waals surface area contributed by atoms with Crippen molar-refractivity contribution < 1.29 is 4.57 Å². The van der Waals surface area contributed by atoms with Gasteiger partial charge in [-0.1, -0.05) is 5.11 Å². The van der Waals surface area contributed by atoms with Crippen LogP contribution < -0.4 is 15.6 Å². The third-order valence-corrected chi connectivity index (χ3v) is 2.74. The molecular formula is C13H19N6+. The maximum atomic E-state index is 5.44. The number of imidazole rings is 1. The molecule has 6 heteroatoms. The van der Waals surface area contributed by atoms with Crippen LogP contribution in [0.5, 0.6) is 0 Å². The van der Waals surface area contributed by atoms with Crippen LogP contribution in [0.15, 0.2) is 46.9 Å². The van der Waals surface area contributed by atoms with Crippen molar-refractivity contribution in [3.63, 3.8) is 0 Å². The molecule has 100 valence electrons. The number of nitrogens with two attached hydrogens (primary N) is 1. The van der Waals surface area contributed by atoms with Crippen molar-refractivity contribution in [1.82, 2.24) is 4.57 Å². The largest absolute Gasteiger partial charge is 0.421 e. The van der Waals surface area contributed by atoms with Gasteiger partial charge in [-0.05, 0) is 24.3 Å². The number of aryl methyl sites for hydroxylation is 2. The molecular weight excluding hydrogens is 240 g/mol. The van der Waals surface area contributed by atoms with Crippen LogP contribution in [-0.2, 0) is 14.1 Å². The third-order valence-electron chi connectivity index (χ3n) is 2.74. The van der Waals surface area contributed by atoms with Gasteiger partial charge in [0.2, 0.25) is 0 Å². The van der Waals surface area contributed by atoms with Gasteiger partial charge in [-0.15, -0.1) is 0 Å². The van der Waals surface area contributed by atoms with Gasteiger partial charge in [0.05, 0.1) is 26.5 Å². The van der Waals surface area contributed by atoms with E-state index in [4.69, 9.17) is 5.73 Å². The molecule has 0 aliphatic carbocycles. The first-order chi connectivity index (χ1) is 9.20. The first-order valence-corrected chi connectivity index (χ1v) is 6.17. The van der Waals surface area contributed by atoms with E-state index in [-0.39, 0.29) is 0 Å². The molecule has 2 aromatic rings. The quantitative estimate of drug-likeness (QED) is 0.633. The van der Waals surface area contributed by atoms with Crippen LogP contribution in [-0.4, -0.2) is 17.7 Å². The number of anilines is 1. The van der Waals surface area contributed by atoms with Gasteiger partial charge < -0.3 is 11.1 Å². The molecule has 0 bridgehead atoms. The molecule has 19 heavy (non-hydrogen) atoms. The Morgan fingerprint density at radius 2 is 2.00 bits per heavy atom. The first-order valence-electron chi connectivity index (χ1n) is 6.17. The molecule has 0 aliphatic rings. The Balaban J connectivity index is 2.07. The molecule has 0 fully saturated rings. The Morgan fingerprint density at radius 3 is 2.58 bits per heavy atom. The van der Waals surface area contributed by atoms with E-state index in [0.29, 0.717) is 6.54 Å². The number of benzene rings is 1. The predicted octanol–water partition coefficient (Wildman–Crippen LogP) is 1.64. The van der Waals surface area contributed by atoms with Crippen LogP contribution in [0.25, 0.3) is 0 Å². The lowest BCUT2D eigenvalue weighted by atomic mass is 10.3. The van der Waals surface area contributed by atoms with Gasteiger partial charge in [0.15, 0.2) is 0 Å². The average molecular weight is 259 g/mol. The van der Waals surface area contributed by atoms with E-state index in [0.717, 1.165) is 23.9 Å². The van der Waals surface area contributed by atoms with E-state index < -0.39 is 0 Å². The summed E-state index contributed by atoms with van der Waals surface area (Å²) >= 11 is 0. The molecule has 0 amide bonds. The Bertz CT molecular complexity index is 536. The highest BCUT2D eigenvalue weighted by Crippen LogP contribution is 2.18. The van der Waals surface area contributed by atoms with Crippen molar-refractivity contribution in [2.45, 2.75) is 0 Å². The summed E-state index contributed by atoms with van der Waals surface area (Å²) in [7, 11) is 3.88. The summed E-state index contributed by atoms with van der Waals surface area (Å²) in [5, 5.41) is 11.7. The zero-order valence-electron chi connectivity index (χ0n) is 11.2. The summed E-state index contributed by atoms with van der Waals surface area (Å²) in [4.78, 5) is 0. The Hall–Kier alpha value is -2.21. The molecule has 0 spiro atoms. The van der Waals surface area contributed by atoms with Crippen molar-refractivity contribution in [3.8, 4) is 0 Å². The number of azo groups is 1. The van der Waals surface area contributed by atoms with E-state index in [1.54, 1.807) is 0 Å². The van der Waals surface area contributed by atoms with Crippen molar-refractivity contribution in [2.75, 3.05) is 18.4 Å². The fraction of sp³-hybridized carbons (Fsp3) is 0.308. The van der Waals surface area contributed by atoms with E-state index in [9.17, 15) is 0 Å². The van der Waals surface area contributed by atoms with E-state index in [2.05, 4.69) is 15.5 Å². The molecule has 1 aromatic heterocycles. The van der Waals surface area contributed by atoms with Crippen molar-refractivity contribution in [1.29, 1.82) is 0 Å². The van der Waals surface area contributed by atoms with E-state index >= 15 is 0 Å². The molecule has 3 N–H and O–H groups in total. The summed E-state index contributed by atoms with van der Waals surface area (Å²) in [6, 6.07) is 7.78. The summed E-state index contributed by atoms with van der Waals surface area (Å²) in [6.07, 6.45) is 3.88. The fourth-order valence-corrected chi connectivity index (χ4v) is 1.69. The highest BCUT2D eigenvalue weighted by atomic mass is 15.3. The lowest BCUT2D eigenvalue weighted by Gasteiger charge is -2.03. The van der Waals surface area contributed by atoms with E-state index in [1.807, 2.05) is 59.9 Å². The summed E-state index contributed by atoms with van der Waals surface area (Å²) in [5.41, 5.74) is 7.29. The van der Waals surface area contributed by atoms with Crippen LogP contribution in [0.4, 0.5) is 17.3 Å². The Kier molecular flexibility index (Phi) is 4.25. The zero-order valence-corrected chi connectivity index (χ0v) is 11.2. The van der Waals surface area contributed by atoms with Crippen molar-refractivity contribution >= 4 is 17.3 Å². The minimum Gasteiger partial charge on any atom is -0.384 e. The second kappa shape index (κ2) is 6.10. The number of hydrogen-bond donors (Lipinski definition) is 2. The normalized spacial score (nSPS) is 11.1. The smallest absolute Gasteiger partial charge is 0.384 e. The summed E-state index contributed by atoms with van der Waals surface area (Å²) in [6.45, 7) is 1.38. The fourth-order valence-electron chi connectivity index (χ4n) is 1.69. The van der Waals surface area contributed by atoms with Gasteiger partial charge in [-0.25, -0.2) is 9.13 Å². The first kappa shape index (κ1) is 13.2. The lowest BCUT2D eigenvalue weighted by Crippen LogP contribution is -2.25. The number of nitrogens with one attached hydrogen (secondary N) is 1. The molecule has 0 radical (unpaired) electrons. The Labute approximate surface area is 112 Å². The van der Waals surface area contributed by atoms with E-state index in [1.165, 1.54) is 0 Å². The zero-order chi connectivity index (χ0) is 13.7. The van der Waals surface area contributed by atoms with Crippen molar-refractivity contribution in [2.24, 2.45) is 30.1 Å². The van der Waals surface area contributed by atoms with Gasteiger partial charge in [-0.2, -0.15) is 0 Å². The standard InChI is InChI=1S/C13H18N6/c1-18-9-10-19(2)13(18)17-16-12-5-3-11(4-6-12)15-8-7-14/h3-6,9-10H,7-8,14H2,1-2H3/p+1. The lowest BCUT2D eigenvalue weighted by molar-refractivity contribution is -0.657. The maximum absolute atomic E-state index is 5.44. The van der Waals surface area contributed by atoms with Gasteiger partial charge in [0.25, 0.3) is 0 Å². The highest BCUT2D eigenvalue weighted by molar-refractivity contribution is 5.50. The third kappa shape index (κ3) is 3.38. The molecule has 0 atom stereocenters. The second-order valence-electron chi connectivity index (χ2n) is 4.28. The minimum atomic E-state index is 0.617. The van der Waals surface area contributed by atoms with Crippen LogP contribution >= 0.6 is 0 Å².